The number of fused-ring (bicyclic) bond motifs is 2. The van der Waals surface area contributed by atoms with Crippen molar-refractivity contribution in [3.8, 4) is 0 Å². The minimum atomic E-state index is -0.833. The molecule has 2 heterocycles. The Morgan fingerprint density at radius 1 is 0.613 bits per heavy atom. The fourth-order valence-corrected chi connectivity index (χ4v) is 2.73. The van der Waals surface area contributed by atoms with Gasteiger partial charge in [-0.25, -0.2) is 0 Å². The van der Waals surface area contributed by atoms with Crippen molar-refractivity contribution in [2.45, 2.75) is 13.8 Å². The Bertz CT molecular complexity index is 718. The second-order valence-electron chi connectivity index (χ2n) is 6.45. The standard InChI is InChI=1S/2C9H10N2.2C2H4O2.Pd/c2*1-10-7-11(2)9-6-4-3-5-8(9)10;2*1-2(3)4;/h2*3-6H,1-2H3;2*1H3,(H,3,4);. The van der Waals surface area contributed by atoms with Gasteiger partial charge < -0.3 is 29.8 Å². The molecule has 0 spiro atoms. The zero-order valence-electron chi connectivity index (χ0n) is 18.4. The van der Waals surface area contributed by atoms with Gasteiger partial charge in [0.15, 0.2) is 0 Å². The number of hydrogen-bond acceptors (Lipinski definition) is 6. The average molecular weight is 519 g/mol. The van der Waals surface area contributed by atoms with Crippen molar-refractivity contribution in [3.05, 3.63) is 61.9 Å². The summed E-state index contributed by atoms with van der Waals surface area (Å²) in [4.78, 5) is 26.0. The Hall–Kier alpha value is -2.76. The van der Waals surface area contributed by atoms with Gasteiger partial charge in [0.25, 0.3) is 11.9 Å². The van der Waals surface area contributed by atoms with Gasteiger partial charge in [0.2, 0.25) is 13.3 Å². The Morgan fingerprint density at radius 2 is 0.774 bits per heavy atom. The van der Waals surface area contributed by atoms with Crippen LogP contribution in [0.3, 0.4) is 0 Å². The van der Waals surface area contributed by atoms with Gasteiger partial charge in [-0.1, -0.05) is 24.3 Å². The number of anilines is 4. The molecular weight excluding hydrogens is 491 g/mol. The quantitative estimate of drug-likeness (QED) is 0.514. The number of carboxylic acids is 2. The number of rotatable bonds is 0. The first-order valence-corrected chi connectivity index (χ1v) is 9.09. The van der Waals surface area contributed by atoms with Crippen LogP contribution in [0.5, 0.6) is 0 Å². The van der Waals surface area contributed by atoms with Crippen molar-refractivity contribution in [2.75, 3.05) is 47.8 Å². The van der Waals surface area contributed by atoms with E-state index in [1.54, 1.807) is 0 Å². The third-order valence-electron chi connectivity index (χ3n) is 3.81. The Labute approximate surface area is 198 Å². The molecule has 4 radical (unpaired) electrons. The van der Waals surface area contributed by atoms with E-state index >= 15 is 0 Å². The summed E-state index contributed by atoms with van der Waals surface area (Å²) in [6.07, 6.45) is 0. The summed E-state index contributed by atoms with van der Waals surface area (Å²) in [7, 11) is 8.01. The molecule has 0 aromatic heterocycles. The minimum Gasteiger partial charge on any atom is -0.481 e. The van der Waals surface area contributed by atoms with E-state index in [9.17, 15) is 0 Å². The van der Waals surface area contributed by atoms with Gasteiger partial charge in [-0.05, 0) is 24.3 Å². The van der Waals surface area contributed by atoms with Crippen molar-refractivity contribution in [2.24, 2.45) is 0 Å². The zero-order chi connectivity index (χ0) is 22.8. The number of nitrogens with zero attached hydrogens (tertiary/aromatic N) is 4. The zero-order valence-corrected chi connectivity index (χ0v) is 20.0. The first-order valence-electron chi connectivity index (χ1n) is 9.09. The van der Waals surface area contributed by atoms with E-state index in [0.29, 0.717) is 0 Å². The molecule has 0 unspecified atom stereocenters. The summed E-state index contributed by atoms with van der Waals surface area (Å²) >= 11 is 0. The fraction of sp³-hybridized carbons (Fsp3) is 0.273. The van der Waals surface area contributed by atoms with Gasteiger partial charge in [0, 0.05) is 62.5 Å². The molecule has 4 rings (SSSR count). The van der Waals surface area contributed by atoms with Crippen molar-refractivity contribution in [1.82, 2.24) is 0 Å². The van der Waals surface area contributed by atoms with Crippen molar-refractivity contribution in [3.63, 3.8) is 0 Å². The number of aliphatic carboxylic acids is 2. The minimum absolute atomic E-state index is 0. The maximum atomic E-state index is 9.00. The number of carbonyl (C=O) groups is 2. The van der Waals surface area contributed by atoms with E-state index in [-0.39, 0.29) is 20.4 Å². The van der Waals surface area contributed by atoms with Crippen LogP contribution in [0.2, 0.25) is 0 Å². The number of benzene rings is 2. The summed E-state index contributed by atoms with van der Waals surface area (Å²) in [6, 6.07) is 16.5. The molecule has 2 aromatic carbocycles. The summed E-state index contributed by atoms with van der Waals surface area (Å²) in [6.45, 7) is 8.46. The molecule has 2 aliphatic heterocycles. The summed E-state index contributed by atoms with van der Waals surface area (Å²) in [5.41, 5.74) is 4.87. The smallest absolute Gasteiger partial charge is 0.300 e. The molecule has 0 amide bonds. The third-order valence-corrected chi connectivity index (χ3v) is 3.81. The molecule has 0 saturated heterocycles. The van der Waals surface area contributed by atoms with Crippen LogP contribution >= 0.6 is 0 Å². The maximum Gasteiger partial charge on any atom is 0.300 e. The van der Waals surface area contributed by atoms with Gasteiger partial charge in [0.1, 0.15) is 0 Å². The van der Waals surface area contributed by atoms with E-state index in [1.165, 1.54) is 22.7 Å². The molecule has 2 aromatic rings. The van der Waals surface area contributed by atoms with Crippen LogP contribution in [0, 0.1) is 13.3 Å². The van der Waals surface area contributed by atoms with Crippen LogP contribution in [-0.2, 0) is 30.0 Å². The monoisotopic (exact) mass is 518 g/mol. The van der Waals surface area contributed by atoms with E-state index in [2.05, 4.69) is 37.6 Å². The van der Waals surface area contributed by atoms with Crippen LogP contribution in [-0.4, -0.2) is 50.3 Å². The van der Waals surface area contributed by atoms with E-state index in [4.69, 9.17) is 19.8 Å². The summed E-state index contributed by atoms with van der Waals surface area (Å²) in [5.74, 6) is -1.67. The topological polar surface area (TPSA) is 87.6 Å². The SMILES string of the molecule is CC(=O)O.CC(=O)O.CN1[C]N(C)c2ccccc21.CN1[C]N(C)c2ccccc21.[Pd]. The molecule has 8 nitrogen and oxygen atoms in total. The largest absolute Gasteiger partial charge is 0.481 e. The first kappa shape index (κ1) is 28.2. The second-order valence-corrected chi connectivity index (χ2v) is 6.45. The van der Waals surface area contributed by atoms with Gasteiger partial charge in [0.05, 0.1) is 22.7 Å². The van der Waals surface area contributed by atoms with Crippen molar-refractivity contribution < 1.29 is 40.2 Å². The number of hydrogen-bond donors (Lipinski definition) is 2. The summed E-state index contributed by atoms with van der Waals surface area (Å²) < 4.78 is 0. The fourth-order valence-electron chi connectivity index (χ4n) is 2.73. The molecule has 0 fully saturated rings. The average Bonchev–Trinajstić information content (AvgIpc) is 3.11. The molecule has 9 heteroatoms. The molecule has 170 valence electrons. The molecule has 31 heavy (non-hydrogen) atoms. The summed E-state index contributed by atoms with van der Waals surface area (Å²) in [5, 5.41) is 14.8. The normalized spacial score (nSPS) is 12.6. The second kappa shape index (κ2) is 13.5. The Morgan fingerprint density at radius 3 is 0.935 bits per heavy atom. The van der Waals surface area contributed by atoms with Gasteiger partial charge in [-0.2, -0.15) is 0 Å². The van der Waals surface area contributed by atoms with Crippen LogP contribution in [0.4, 0.5) is 22.7 Å². The van der Waals surface area contributed by atoms with Crippen LogP contribution in [0.15, 0.2) is 48.5 Å². The van der Waals surface area contributed by atoms with Crippen molar-refractivity contribution >= 4 is 34.7 Å². The predicted molar refractivity (Wildman–Crippen MR) is 120 cm³/mol. The molecule has 2 N–H and O–H groups in total. The van der Waals surface area contributed by atoms with Crippen LogP contribution in [0.25, 0.3) is 0 Å². The Kier molecular flexibility index (Phi) is 12.3. The number of carboxylic acid groups (broad SMARTS) is 2. The molecule has 0 bridgehead atoms. The van der Waals surface area contributed by atoms with Crippen LogP contribution in [0.1, 0.15) is 13.8 Å². The molecule has 2 aliphatic rings. The van der Waals surface area contributed by atoms with Gasteiger partial charge in [-0.3, -0.25) is 9.59 Å². The molecule has 0 atom stereocenters. The van der Waals surface area contributed by atoms with E-state index in [1.807, 2.05) is 72.1 Å². The van der Waals surface area contributed by atoms with Crippen LogP contribution < -0.4 is 19.6 Å². The maximum absolute atomic E-state index is 9.00. The molecule has 0 saturated carbocycles. The van der Waals surface area contributed by atoms with Gasteiger partial charge in [-0.15, -0.1) is 0 Å². The van der Waals surface area contributed by atoms with E-state index < -0.39 is 11.9 Å². The van der Waals surface area contributed by atoms with Crippen molar-refractivity contribution in [1.29, 1.82) is 0 Å². The van der Waals surface area contributed by atoms with E-state index in [0.717, 1.165) is 13.8 Å². The third kappa shape index (κ3) is 9.28. The molecule has 0 aliphatic carbocycles. The predicted octanol–water partition coefficient (Wildman–Crippen LogP) is 3.32. The Balaban J connectivity index is 0.000000427. The molecular formula is C22H28N4O4Pd. The number of para-hydroxylation sites is 4. The van der Waals surface area contributed by atoms with Gasteiger partial charge >= 0.3 is 0 Å². The first-order chi connectivity index (χ1) is 14.0.